The van der Waals surface area contributed by atoms with Crippen molar-refractivity contribution in [3.05, 3.63) is 0 Å². The van der Waals surface area contributed by atoms with Crippen molar-refractivity contribution in [2.75, 3.05) is 13.2 Å². The summed E-state index contributed by atoms with van der Waals surface area (Å²) in [5.74, 6) is -2.37. The molecule has 2 unspecified atom stereocenters. The van der Waals surface area contributed by atoms with Gasteiger partial charge in [0.15, 0.2) is 0 Å². The van der Waals surface area contributed by atoms with E-state index in [0.717, 1.165) is 12.8 Å². The van der Waals surface area contributed by atoms with Gasteiger partial charge in [-0.25, -0.2) is 9.59 Å². The normalized spacial score (nSPS) is 10.2. The number of hydrogen-bond donors (Lipinski definition) is 6. The average Bonchev–Trinajstić information content (AvgIpc) is 2.39. The SMILES string of the molecule is CC(O)C(=O)O.CC(O)C(=O)O.CCCO.CCCO.[Ti].[Ti]. The first-order valence-electron chi connectivity index (χ1n) is 6.15. The predicted octanol–water partition coefficient (Wildman–Crippen LogP) is -0.324. The van der Waals surface area contributed by atoms with E-state index in [4.69, 9.17) is 30.6 Å². The first-order chi connectivity index (χ1) is 9.11. The molecule has 132 valence electrons. The largest absolute Gasteiger partial charge is 0.479 e. The third-order valence-corrected chi connectivity index (χ3v) is 1.16. The summed E-state index contributed by atoms with van der Waals surface area (Å²) >= 11 is 0. The van der Waals surface area contributed by atoms with Gasteiger partial charge < -0.3 is 30.6 Å². The van der Waals surface area contributed by atoms with Gasteiger partial charge in [-0.2, -0.15) is 0 Å². The van der Waals surface area contributed by atoms with Crippen LogP contribution in [0.25, 0.3) is 0 Å². The van der Waals surface area contributed by atoms with Gasteiger partial charge in [0.25, 0.3) is 0 Å². The van der Waals surface area contributed by atoms with E-state index in [9.17, 15) is 9.59 Å². The van der Waals surface area contributed by atoms with Crippen LogP contribution >= 0.6 is 0 Å². The summed E-state index contributed by atoms with van der Waals surface area (Å²) in [4.78, 5) is 18.9. The topological polar surface area (TPSA) is 156 Å². The number of hydrogen-bond acceptors (Lipinski definition) is 6. The Balaban J connectivity index is -0.0000000383. The van der Waals surface area contributed by atoms with Crippen LogP contribution in [-0.4, -0.2) is 68.0 Å². The van der Waals surface area contributed by atoms with Crippen molar-refractivity contribution in [2.24, 2.45) is 0 Å². The van der Waals surface area contributed by atoms with Crippen LogP contribution in [0.1, 0.15) is 40.5 Å². The summed E-state index contributed by atoms with van der Waals surface area (Å²) in [6, 6.07) is 0. The molecule has 0 saturated heterocycles. The van der Waals surface area contributed by atoms with Gasteiger partial charge in [-0.3, -0.25) is 0 Å². The molecule has 0 aromatic heterocycles. The first kappa shape index (κ1) is 38.0. The summed E-state index contributed by atoms with van der Waals surface area (Å²) in [6.07, 6.45) is -0.713. The van der Waals surface area contributed by atoms with Gasteiger partial charge in [0.1, 0.15) is 12.2 Å². The number of aliphatic carboxylic acids is 2. The maximum atomic E-state index is 9.45. The smallest absolute Gasteiger partial charge is 0.332 e. The zero-order chi connectivity index (χ0) is 17.1. The molecule has 0 rings (SSSR count). The van der Waals surface area contributed by atoms with E-state index >= 15 is 0 Å². The van der Waals surface area contributed by atoms with Crippen molar-refractivity contribution >= 4 is 11.9 Å². The molecule has 0 bridgehead atoms. The molecule has 0 aliphatic carbocycles. The Labute approximate surface area is 161 Å². The second-order valence-electron chi connectivity index (χ2n) is 3.48. The summed E-state index contributed by atoms with van der Waals surface area (Å²) in [5, 5.41) is 47.3. The maximum absolute atomic E-state index is 9.45. The van der Waals surface area contributed by atoms with Crippen molar-refractivity contribution in [1.29, 1.82) is 0 Å². The van der Waals surface area contributed by atoms with Crippen LogP contribution < -0.4 is 0 Å². The van der Waals surface area contributed by atoms with Crippen molar-refractivity contribution < 1.29 is 83.7 Å². The fourth-order valence-electron chi connectivity index (χ4n) is 0. The van der Waals surface area contributed by atoms with Gasteiger partial charge in [-0.15, -0.1) is 0 Å². The Hall–Kier alpha value is 0.209. The molecule has 0 aliphatic heterocycles. The summed E-state index contributed by atoms with van der Waals surface area (Å²) in [6.45, 7) is 6.89. The minimum atomic E-state index is -1.23. The zero-order valence-electron chi connectivity index (χ0n) is 13.5. The van der Waals surface area contributed by atoms with Crippen LogP contribution in [0.3, 0.4) is 0 Å². The minimum absolute atomic E-state index is 0. The molecule has 0 aliphatic rings. The molecule has 0 radical (unpaired) electrons. The summed E-state index contributed by atoms with van der Waals surface area (Å²) in [5.41, 5.74) is 0. The first-order valence-corrected chi connectivity index (χ1v) is 6.15. The average molecular weight is 396 g/mol. The number of carboxylic acid groups (broad SMARTS) is 2. The maximum Gasteiger partial charge on any atom is 0.332 e. The molecule has 0 aromatic rings. The predicted molar refractivity (Wildman–Crippen MR) is 73.4 cm³/mol. The Kier molecular flexibility index (Phi) is 57.0. The fraction of sp³-hybridized carbons (Fsp3) is 0.833. The van der Waals surface area contributed by atoms with E-state index in [1.165, 1.54) is 13.8 Å². The quantitative estimate of drug-likeness (QED) is 0.353. The molecule has 6 N–H and O–H groups in total. The van der Waals surface area contributed by atoms with Crippen molar-refractivity contribution in [3.63, 3.8) is 0 Å². The number of rotatable bonds is 4. The van der Waals surface area contributed by atoms with Crippen LogP contribution in [0.4, 0.5) is 0 Å². The van der Waals surface area contributed by atoms with Crippen molar-refractivity contribution in [2.45, 2.75) is 52.7 Å². The monoisotopic (exact) mass is 396 g/mol. The van der Waals surface area contributed by atoms with E-state index in [-0.39, 0.29) is 43.4 Å². The standard InChI is InChI=1S/2C3H6O3.2C3H8O.2Ti/c2*1-2(4)3(5)6;2*1-2-3-4;;/h2*2,4H,1H3,(H,5,6);2*4H,2-3H2,1H3;;. The Morgan fingerprint density at radius 3 is 0.864 bits per heavy atom. The molecule has 0 amide bonds. The van der Waals surface area contributed by atoms with Gasteiger partial charge in [0.2, 0.25) is 0 Å². The third-order valence-electron chi connectivity index (χ3n) is 1.16. The Morgan fingerprint density at radius 1 is 0.773 bits per heavy atom. The van der Waals surface area contributed by atoms with E-state index in [1.54, 1.807) is 0 Å². The van der Waals surface area contributed by atoms with Gasteiger partial charge in [0.05, 0.1) is 0 Å². The molecular weight excluding hydrogens is 368 g/mol. The van der Waals surface area contributed by atoms with E-state index < -0.39 is 24.1 Å². The van der Waals surface area contributed by atoms with Crippen LogP contribution in [0.15, 0.2) is 0 Å². The van der Waals surface area contributed by atoms with E-state index in [2.05, 4.69) is 0 Å². The molecule has 0 spiro atoms. The minimum Gasteiger partial charge on any atom is -0.479 e. The van der Waals surface area contributed by atoms with Gasteiger partial charge in [-0.05, 0) is 26.7 Å². The van der Waals surface area contributed by atoms with Gasteiger partial charge in [0, 0.05) is 56.6 Å². The van der Waals surface area contributed by atoms with Crippen LogP contribution in [0.5, 0.6) is 0 Å². The van der Waals surface area contributed by atoms with E-state index in [0.29, 0.717) is 13.2 Å². The summed E-state index contributed by atoms with van der Waals surface area (Å²) in [7, 11) is 0. The van der Waals surface area contributed by atoms with Crippen LogP contribution in [0, 0.1) is 0 Å². The van der Waals surface area contributed by atoms with Crippen molar-refractivity contribution in [3.8, 4) is 0 Å². The fourth-order valence-corrected chi connectivity index (χ4v) is 0. The second kappa shape index (κ2) is 33.0. The molecule has 0 saturated carbocycles. The van der Waals surface area contributed by atoms with Gasteiger partial charge >= 0.3 is 11.9 Å². The number of aliphatic hydroxyl groups is 4. The number of carbonyl (C=O) groups is 2. The van der Waals surface area contributed by atoms with Gasteiger partial charge in [-0.1, -0.05) is 13.8 Å². The molecule has 0 aromatic carbocycles. The Morgan fingerprint density at radius 2 is 0.864 bits per heavy atom. The second-order valence-corrected chi connectivity index (χ2v) is 3.48. The zero-order valence-corrected chi connectivity index (χ0v) is 16.6. The molecule has 0 fully saturated rings. The molecule has 8 nitrogen and oxygen atoms in total. The Bertz CT molecular complexity index is 187. The van der Waals surface area contributed by atoms with E-state index in [1.807, 2.05) is 13.8 Å². The number of aliphatic hydroxyl groups excluding tert-OH is 4. The molecule has 22 heavy (non-hydrogen) atoms. The summed E-state index contributed by atoms with van der Waals surface area (Å²) < 4.78 is 0. The van der Waals surface area contributed by atoms with Crippen LogP contribution in [0.2, 0.25) is 0 Å². The van der Waals surface area contributed by atoms with Crippen LogP contribution in [-0.2, 0) is 53.0 Å². The molecule has 10 heteroatoms. The molecule has 0 heterocycles. The third kappa shape index (κ3) is 71.5. The molecule has 2 atom stereocenters. The molecular formula is C12H28O8Ti2. The van der Waals surface area contributed by atoms with Crippen molar-refractivity contribution in [1.82, 2.24) is 0 Å². The number of carboxylic acids is 2.